The molecule has 2 rings (SSSR count). The van der Waals surface area contributed by atoms with E-state index in [-0.39, 0.29) is 11.2 Å². The molecule has 9 heteroatoms. The molecule has 0 aliphatic carbocycles. The molecular weight excluding hydrogens is 378 g/mol. The highest BCUT2D eigenvalue weighted by atomic mass is 32.2. The summed E-state index contributed by atoms with van der Waals surface area (Å²) in [5.41, 5.74) is 0.575. The van der Waals surface area contributed by atoms with Crippen LogP contribution in [0.15, 0.2) is 40.6 Å². The standard InChI is InChI=1S/C17H22F2N4OS2/c1-3-4-5-10-23-11-20-22-17(23)25-12(2)15(24)21-13-6-8-14(9-7-13)26-16(18)19/h6-9,11-12,16H,3-5,10H2,1-2H3,(H,21,24)/t12-/m0/s1. The first-order chi connectivity index (χ1) is 12.5. The predicted molar refractivity (Wildman–Crippen MR) is 102 cm³/mol. The van der Waals surface area contributed by atoms with Crippen LogP contribution in [0.1, 0.15) is 33.1 Å². The number of thioether (sulfide) groups is 2. The second-order valence-corrected chi connectivity index (χ2v) is 8.04. The highest BCUT2D eigenvalue weighted by Crippen LogP contribution is 2.27. The number of aromatic nitrogens is 3. The molecule has 0 saturated heterocycles. The normalized spacial score (nSPS) is 12.3. The van der Waals surface area contributed by atoms with Gasteiger partial charge in [0, 0.05) is 17.1 Å². The average molecular weight is 401 g/mol. The van der Waals surface area contributed by atoms with Gasteiger partial charge in [0.2, 0.25) is 5.91 Å². The Labute approximate surface area is 160 Å². The molecule has 0 aliphatic rings. The summed E-state index contributed by atoms with van der Waals surface area (Å²) in [5.74, 6) is -2.63. The van der Waals surface area contributed by atoms with Crippen molar-refractivity contribution in [1.82, 2.24) is 14.8 Å². The van der Waals surface area contributed by atoms with Crippen LogP contribution < -0.4 is 5.32 Å². The number of nitrogens with one attached hydrogen (secondary N) is 1. The molecule has 0 unspecified atom stereocenters. The molecule has 0 saturated carbocycles. The second kappa shape index (κ2) is 10.5. The lowest BCUT2D eigenvalue weighted by molar-refractivity contribution is -0.115. The summed E-state index contributed by atoms with van der Waals surface area (Å²) in [5, 5.41) is 11.2. The van der Waals surface area contributed by atoms with E-state index in [1.165, 1.54) is 11.8 Å². The molecule has 1 aromatic heterocycles. The molecule has 1 heterocycles. The van der Waals surface area contributed by atoms with Gasteiger partial charge >= 0.3 is 0 Å². The Hall–Kier alpha value is -1.61. The third-order valence-electron chi connectivity index (χ3n) is 3.58. The van der Waals surface area contributed by atoms with Gasteiger partial charge in [-0.15, -0.1) is 10.2 Å². The van der Waals surface area contributed by atoms with Gasteiger partial charge < -0.3 is 9.88 Å². The van der Waals surface area contributed by atoms with Gasteiger partial charge in [0.1, 0.15) is 6.33 Å². The van der Waals surface area contributed by atoms with Crippen molar-refractivity contribution in [3.05, 3.63) is 30.6 Å². The molecule has 2 aromatic rings. The van der Waals surface area contributed by atoms with E-state index in [0.29, 0.717) is 27.5 Å². The number of carbonyl (C=O) groups is 1. The molecule has 5 nitrogen and oxygen atoms in total. The minimum Gasteiger partial charge on any atom is -0.325 e. The van der Waals surface area contributed by atoms with Crippen molar-refractivity contribution in [1.29, 1.82) is 0 Å². The molecule has 0 radical (unpaired) electrons. The number of nitrogens with zero attached hydrogens (tertiary/aromatic N) is 3. The highest BCUT2D eigenvalue weighted by Gasteiger charge is 2.18. The summed E-state index contributed by atoms with van der Waals surface area (Å²) >= 11 is 1.82. The summed E-state index contributed by atoms with van der Waals surface area (Å²) in [6.07, 6.45) is 5.00. The largest absolute Gasteiger partial charge is 0.325 e. The van der Waals surface area contributed by atoms with Gasteiger partial charge in [-0.25, -0.2) is 0 Å². The van der Waals surface area contributed by atoms with E-state index in [9.17, 15) is 13.6 Å². The third kappa shape index (κ3) is 6.60. The smallest absolute Gasteiger partial charge is 0.288 e. The Morgan fingerprint density at radius 2 is 1.96 bits per heavy atom. The SMILES string of the molecule is CCCCCn1cnnc1S[C@@H](C)C(=O)Nc1ccc(SC(F)F)cc1. The first kappa shape index (κ1) is 20.7. The first-order valence-electron chi connectivity index (χ1n) is 8.39. The lowest BCUT2D eigenvalue weighted by atomic mass is 10.2. The number of carbonyl (C=O) groups excluding carboxylic acids is 1. The molecule has 1 amide bonds. The van der Waals surface area contributed by atoms with Gasteiger partial charge in [-0.3, -0.25) is 4.79 Å². The van der Waals surface area contributed by atoms with Crippen LogP contribution in [0.25, 0.3) is 0 Å². The minimum atomic E-state index is -2.46. The van der Waals surface area contributed by atoms with Crippen molar-refractivity contribution >= 4 is 35.1 Å². The Morgan fingerprint density at radius 3 is 2.62 bits per heavy atom. The molecule has 0 fully saturated rings. The number of anilines is 1. The van der Waals surface area contributed by atoms with Crippen LogP contribution in [0.5, 0.6) is 0 Å². The number of aryl methyl sites for hydroxylation is 1. The summed E-state index contributed by atoms with van der Waals surface area (Å²) in [7, 11) is 0. The summed E-state index contributed by atoms with van der Waals surface area (Å²) < 4.78 is 26.6. The van der Waals surface area contributed by atoms with Crippen LogP contribution in [-0.2, 0) is 11.3 Å². The van der Waals surface area contributed by atoms with Crippen LogP contribution >= 0.6 is 23.5 Å². The van der Waals surface area contributed by atoms with E-state index in [1.807, 2.05) is 4.57 Å². The van der Waals surface area contributed by atoms with Crippen LogP contribution in [-0.4, -0.2) is 31.7 Å². The maximum absolute atomic E-state index is 12.4. The molecule has 142 valence electrons. The van der Waals surface area contributed by atoms with Gasteiger partial charge in [-0.2, -0.15) is 8.78 Å². The average Bonchev–Trinajstić information content (AvgIpc) is 3.03. The number of unbranched alkanes of at least 4 members (excludes halogenated alkanes) is 2. The summed E-state index contributed by atoms with van der Waals surface area (Å²) in [4.78, 5) is 12.8. The van der Waals surface area contributed by atoms with Crippen molar-refractivity contribution in [3.63, 3.8) is 0 Å². The molecule has 1 atom stereocenters. The number of hydrogen-bond acceptors (Lipinski definition) is 5. The molecule has 1 N–H and O–H groups in total. The van der Waals surface area contributed by atoms with Gasteiger partial charge in [0.05, 0.1) is 5.25 Å². The highest BCUT2D eigenvalue weighted by molar-refractivity contribution is 8.00. The fourth-order valence-corrected chi connectivity index (χ4v) is 3.55. The molecular formula is C17H22F2N4OS2. The maximum Gasteiger partial charge on any atom is 0.288 e. The van der Waals surface area contributed by atoms with Crippen LogP contribution in [0, 0.1) is 0 Å². The Kier molecular flexibility index (Phi) is 8.37. The van der Waals surface area contributed by atoms with Crippen molar-refractivity contribution in [2.75, 3.05) is 5.32 Å². The fourth-order valence-electron chi connectivity index (χ4n) is 2.20. The van der Waals surface area contributed by atoms with Crippen LogP contribution in [0.2, 0.25) is 0 Å². The van der Waals surface area contributed by atoms with Crippen molar-refractivity contribution in [3.8, 4) is 0 Å². The van der Waals surface area contributed by atoms with Gasteiger partial charge in [-0.05, 0) is 37.6 Å². The van der Waals surface area contributed by atoms with Gasteiger partial charge in [0.15, 0.2) is 5.16 Å². The van der Waals surface area contributed by atoms with Crippen LogP contribution in [0.4, 0.5) is 14.5 Å². The van der Waals surface area contributed by atoms with E-state index < -0.39 is 5.76 Å². The Morgan fingerprint density at radius 1 is 1.23 bits per heavy atom. The quantitative estimate of drug-likeness (QED) is 0.454. The van der Waals surface area contributed by atoms with Crippen molar-refractivity contribution in [2.24, 2.45) is 0 Å². The van der Waals surface area contributed by atoms with Crippen molar-refractivity contribution in [2.45, 2.75) is 60.7 Å². The Bertz CT molecular complexity index is 694. The van der Waals surface area contributed by atoms with E-state index in [4.69, 9.17) is 0 Å². The minimum absolute atomic E-state index is 0.174. The molecule has 1 aromatic carbocycles. The van der Waals surface area contributed by atoms with Crippen molar-refractivity contribution < 1.29 is 13.6 Å². The summed E-state index contributed by atoms with van der Waals surface area (Å²) in [6, 6.07) is 6.36. The summed E-state index contributed by atoms with van der Waals surface area (Å²) in [6.45, 7) is 4.78. The van der Waals surface area contributed by atoms with Gasteiger partial charge in [-0.1, -0.05) is 43.3 Å². The molecule has 26 heavy (non-hydrogen) atoms. The first-order valence-corrected chi connectivity index (χ1v) is 10.2. The molecule has 0 bridgehead atoms. The molecule has 0 aliphatic heterocycles. The predicted octanol–water partition coefficient (Wildman–Crippen LogP) is 4.90. The fraction of sp³-hybridized carbons (Fsp3) is 0.471. The zero-order valence-corrected chi connectivity index (χ0v) is 16.3. The second-order valence-electron chi connectivity index (χ2n) is 5.67. The van der Waals surface area contributed by atoms with E-state index in [0.717, 1.165) is 25.8 Å². The third-order valence-corrected chi connectivity index (χ3v) is 5.40. The monoisotopic (exact) mass is 400 g/mol. The van der Waals surface area contributed by atoms with E-state index in [1.54, 1.807) is 37.5 Å². The topological polar surface area (TPSA) is 59.8 Å². The number of hydrogen-bond donors (Lipinski definition) is 1. The van der Waals surface area contributed by atoms with E-state index >= 15 is 0 Å². The number of rotatable bonds is 10. The zero-order valence-electron chi connectivity index (χ0n) is 14.7. The lowest BCUT2D eigenvalue weighted by Gasteiger charge is -2.12. The zero-order chi connectivity index (χ0) is 18.9. The number of amides is 1. The van der Waals surface area contributed by atoms with Crippen LogP contribution in [0.3, 0.4) is 0 Å². The lowest BCUT2D eigenvalue weighted by Crippen LogP contribution is -2.22. The number of benzene rings is 1. The van der Waals surface area contributed by atoms with E-state index in [2.05, 4.69) is 22.4 Å². The molecule has 0 spiro atoms. The maximum atomic E-state index is 12.4. The number of alkyl halides is 2. The number of halogens is 2. The Balaban J connectivity index is 1.88. The van der Waals surface area contributed by atoms with Gasteiger partial charge in [0.25, 0.3) is 5.76 Å².